The second kappa shape index (κ2) is 3.57. The molecule has 0 aliphatic heterocycles. The third-order valence-electron chi connectivity index (χ3n) is 0.462. The van der Waals surface area contributed by atoms with Crippen LogP contribution in [0.1, 0.15) is 0 Å². The first-order valence-corrected chi connectivity index (χ1v) is 2.05. The fourth-order valence-electron chi connectivity index (χ4n) is 0.225. The van der Waals surface area contributed by atoms with Gasteiger partial charge in [0.2, 0.25) is 5.28 Å². The summed E-state index contributed by atoms with van der Waals surface area (Å²) in [6.07, 6.45) is 2.69. The van der Waals surface area contributed by atoms with Crippen LogP contribution in [-0.2, 0) is 0 Å². The van der Waals surface area contributed by atoms with E-state index in [1.807, 2.05) is 0 Å². The Morgan fingerprint density at radius 2 is 1.75 bits per heavy atom. The van der Waals surface area contributed by atoms with Crippen LogP contribution in [0.2, 0.25) is 5.28 Å². The lowest BCUT2D eigenvalue weighted by molar-refractivity contribution is 1.05. The van der Waals surface area contributed by atoms with E-state index in [9.17, 15) is 0 Å². The average Bonchev–Trinajstić information content (AvgIpc) is 1.69. The summed E-state index contributed by atoms with van der Waals surface area (Å²) < 4.78 is 0. The van der Waals surface area contributed by atoms with Crippen LogP contribution in [0.15, 0.2) is 12.7 Å². The highest BCUT2D eigenvalue weighted by molar-refractivity contribution is 6.28. The molecule has 0 unspecified atom stereocenters. The molecule has 0 saturated heterocycles. The van der Waals surface area contributed by atoms with Crippen LogP contribution >= 0.6 is 24.0 Å². The number of nitrogens with zero attached hydrogens (tertiary/aromatic N) is 3. The van der Waals surface area contributed by atoms with Crippen molar-refractivity contribution in [3.63, 3.8) is 0 Å². The Morgan fingerprint density at radius 3 is 2.00 bits per heavy atom. The second-order valence-electron chi connectivity index (χ2n) is 0.907. The first kappa shape index (κ1) is 7.59. The molecular weight excluding hydrogens is 149 g/mol. The standard InChI is InChI=1S/C3H2ClN3.ClH/c4-3-6-1-5-2-7-3;/h1-2H;1H. The smallest absolute Gasteiger partial charge is 0.225 e. The van der Waals surface area contributed by atoms with E-state index in [1.165, 1.54) is 12.7 Å². The highest BCUT2D eigenvalue weighted by Gasteiger charge is 1.79. The van der Waals surface area contributed by atoms with E-state index in [-0.39, 0.29) is 17.7 Å². The summed E-state index contributed by atoms with van der Waals surface area (Å²) in [4.78, 5) is 10.6. The molecule has 0 radical (unpaired) electrons. The van der Waals surface area contributed by atoms with Crippen LogP contribution in [0, 0.1) is 0 Å². The molecule has 0 N–H and O–H groups in total. The van der Waals surface area contributed by atoms with Crippen molar-refractivity contribution in [1.29, 1.82) is 0 Å². The summed E-state index contributed by atoms with van der Waals surface area (Å²) in [6.45, 7) is 0. The summed E-state index contributed by atoms with van der Waals surface area (Å²) in [5.41, 5.74) is 0. The SMILES string of the molecule is Cl.Clc1ncncn1. The number of hydrogen-bond acceptors (Lipinski definition) is 3. The Balaban J connectivity index is 0.000000490. The maximum Gasteiger partial charge on any atom is 0.225 e. The third-order valence-corrected chi connectivity index (χ3v) is 0.657. The van der Waals surface area contributed by atoms with Crippen molar-refractivity contribution in [2.75, 3.05) is 0 Å². The van der Waals surface area contributed by atoms with E-state index in [4.69, 9.17) is 11.6 Å². The molecule has 1 heterocycles. The lowest BCUT2D eigenvalue weighted by Gasteiger charge is -1.78. The molecule has 0 aromatic carbocycles. The van der Waals surface area contributed by atoms with Crippen LogP contribution in [0.5, 0.6) is 0 Å². The van der Waals surface area contributed by atoms with E-state index in [0.29, 0.717) is 0 Å². The zero-order valence-electron chi connectivity index (χ0n) is 3.78. The topological polar surface area (TPSA) is 38.7 Å². The van der Waals surface area contributed by atoms with E-state index in [2.05, 4.69) is 15.0 Å². The largest absolute Gasteiger partial charge is 0.225 e. The van der Waals surface area contributed by atoms with Gasteiger partial charge in [0.25, 0.3) is 0 Å². The minimum absolute atomic E-state index is 0. The van der Waals surface area contributed by atoms with E-state index in [0.717, 1.165) is 0 Å². The molecule has 0 fully saturated rings. The molecule has 0 aliphatic carbocycles. The van der Waals surface area contributed by atoms with Gasteiger partial charge in [0.15, 0.2) is 0 Å². The normalized spacial score (nSPS) is 7.62. The lowest BCUT2D eigenvalue weighted by atomic mass is 11.1. The van der Waals surface area contributed by atoms with Crippen molar-refractivity contribution in [3.05, 3.63) is 17.9 Å². The predicted octanol–water partition coefficient (Wildman–Crippen LogP) is 0.947. The fraction of sp³-hybridized carbons (Fsp3) is 0. The summed E-state index contributed by atoms with van der Waals surface area (Å²) in [7, 11) is 0. The maximum absolute atomic E-state index is 5.28. The van der Waals surface area contributed by atoms with Gasteiger partial charge in [-0.1, -0.05) is 0 Å². The highest BCUT2D eigenvalue weighted by Crippen LogP contribution is 1.90. The first-order chi connectivity index (χ1) is 3.39. The van der Waals surface area contributed by atoms with Gasteiger partial charge in [0.1, 0.15) is 12.7 Å². The summed E-state index contributed by atoms with van der Waals surface area (Å²) >= 11 is 5.28. The van der Waals surface area contributed by atoms with Gasteiger partial charge in [-0.15, -0.1) is 12.4 Å². The van der Waals surface area contributed by atoms with Crippen molar-refractivity contribution < 1.29 is 0 Å². The zero-order chi connectivity index (χ0) is 5.11. The number of rotatable bonds is 0. The second-order valence-corrected chi connectivity index (χ2v) is 1.25. The maximum atomic E-state index is 5.28. The van der Waals surface area contributed by atoms with Gasteiger partial charge in [0.05, 0.1) is 0 Å². The monoisotopic (exact) mass is 151 g/mol. The van der Waals surface area contributed by atoms with Crippen molar-refractivity contribution >= 4 is 24.0 Å². The lowest BCUT2D eigenvalue weighted by Crippen LogP contribution is -1.79. The minimum atomic E-state index is 0. The number of aromatic nitrogens is 3. The number of hydrogen-bond donors (Lipinski definition) is 0. The van der Waals surface area contributed by atoms with Crippen molar-refractivity contribution in [3.8, 4) is 0 Å². The van der Waals surface area contributed by atoms with Gasteiger partial charge in [-0.2, -0.15) is 0 Å². The molecule has 0 spiro atoms. The molecule has 0 bridgehead atoms. The van der Waals surface area contributed by atoms with Crippen molar-refractivity contribution in [2.24, 2.45) is 0 Å². The predicted molar refractivity (Wildman–Crippen MR) is 32.1 cm³/mol. The Morgan fingerprint density at radius 1 is 1.25 bits per heavy atom. The van der Waals surface area contributed by atoms with Gasteiger partial charge in [-0.25, -0.2) is 15.0 Å². The molecule has 1 rings (SSSR count). The van der Waals surface area contributed by atoms with Gasteiger partial charge < -0.3 is 0 Å². The quantitative estimate of drug-likeness (QED) is 0.555. The molecule has 0 amide bonds. The van der Waals surface area contributed by atoms with Crippen LogP contribution in [-0.4, -0.2) is 15.0 Å². The molecular formula is C3H3Cl2N3. The number of halogens is 2. The molecule has 1 aromatic rings. The summed E-state index contributed by atoms with van der Waals surface area (Å²) in [5, 5.41) is 0.231. The van der Waals surface area contributed by atoms with Crippen LogP contribution in [0.25, 0.3) is 0 Å². The molecule has 1 aromatic heterocycles. The molecule has 44 valence electrons. The molecule has 0 aliphatic rings. The average molecular weight is 152 g/mol. The van der Waals surface area contributed by atoms with Crippen molar-refractivity contribution in [1.82, 2.24) is 15.0 Å². The van der Waals surface area contributed by atoms with Crippen molar-refractivity contribution in [2.45, 2.75) is 0 Å². The Hall–Kier alpha value is -0.410. The summed E-state index contributed by atoms with van der Waals surface area (Å²) in [5.74, 6) is 0. The first-order valence-electron chi connectivity index (χ1n) is 1.67. The van der Waals surface area contributed by atoms with Crippen LogP contribution in [0.4, 0.5) is 0 Å². The van der Waals surface area contributed by atoms with Gasteiger partial charge >= 0.3 is 0 Å². The third kappa shape index (κ3) is 2.04. The van der Waals surface area contributed by atoms with E-state index < -0.39 is 0 Å². The Bertz CT molecular complexity index is 142. The van der Waals surface area contributed by atoms with Gasteiger partial charge in [0, 0.05) is 0 Å². The Labute approximate surface area is 57.5 Å². The van der Waals surface area contributed by atoms with Gasteiger partial charge in [-0.05, 0) is 11.6 Å². The van der Waals surface area contributed by atoms with Crippen LogP contribution < -0.4 is 0 Å². The summed E-state index contributed by atoms with van der Waals surface area (Å²) in [6, 6.07) is 0. The Kier molecular flexibility index (Phi) is 3.39. The molecule has 3 nitrogen and oxygen atoms in total. The molecule has 8 heavy (non-hydrogen) atoms. The van der Waals surface area contributed by atoms with Gasteiger partial charge in [-0.3, -0.25) is 0 Å². The zero-order valence-corrected chi connectivity index (χ0v) is 5.35. The molecule has 0 saturated carbocycles. The molecule has 0 atom stereocenters. The minimum Gasteiger partial charge on any atom is -0.225 e. The highest BCUT2D eigenvalue weighted by atomic mass is 35.5. The van der Waals surface area contributed by atoms with E-state index in [1.54, 1.807) is 0 Å². The van der Waals surface area contributed by atoms with Crippen LogP contribution in [0.3, 0.4) is 0 Å². The van der Waals surface area contributed by atoms with E-state index >= 15 is 0 Å². The fourth-order valence-corrected chi connectivity index (χ4v) is 0.312. The molecule has 5 heteroatoms.